The van der Waals surface area contributed by atoms with Gasteiger partial charge >= 0.3 is 12.1 Å². The van der Waals surface area contributed by atoms with Gasteiger partial charge in [-0.15, -0.1) is 0 Å². The minimum atomic E-state index is -4.69. The molecule has 2 atom stereocenters. The molecule has 1 aromatic carbocycles. The van der Waals surface area contributed by atoms with Crippen molar-refractivity contribution in [1.82, 2.24) is 4.90 Å². The monoisotopic (exact) mass is 305 g/mol. The number of carbonyl (C=O) groups is 2. The Morgan fingerprint density at radius 1 is 1.14 bits per heavy atom. The highest BCUT2D eigenvalue weighted by Crippen LogP contribution is 2.38. The van der Waals surface area contributed by atoms with E-state index in [4.69, 9.17) is 5.11 Å². The molecule has 0 aromatic heterocycles. The SMILES string of the molecule is O=C(O)[C@@H]1CN(C(=O)c2ccc(F)cc2)C[C@H]1C(F)(F)F. The zero-order chi connectivity index (χ0) is 15.8. The quantitative estimate of drug-likeness (QED) is 0.852. The fourth-order valence-electron chi connectivity index (χ4n) is 2.33. The maximum absolute atomic E-state index is 12.8. The molecule has 1 heterocycles. The zero-order valence-electron chi connectivity index (χ0n) is 10.6. The summed E-state index contributed by atoms with van der Waals surface area (Å²) in [6, 6.07) is 4.32. The number of hydrogen-bond acceptors (Lipinski definition) is 2. The van der Waals surface area contributed by atoms with Crippen molar-refractivity contribution in [3.8, 4) is 0 Å². The van der Waals surface area contributed by atoms with Gasteiger partial charge in [0.15, 0.2) is 0 Å². The number of alkyl halides is 3. The highest BCUT2D eigenvalue weighted by Gasteiger charge is 2.53. The number of carboxylic acids is 1. The summed E-state index contributed by atoms with van der Waals surface area (Å²) in [6.45, 7) is -1.23. The first-order valence-corrected chi connectivity index (χ1v) is 6.04. The third kappa shape index (κ3) is 3.14. The van der Waals surface area contributed by atoms with Gasteiger partial charge in [0.25, 0.3) is 5.91 Å². The van der Waals surface area contributed by atoms with E-state index in [1.54, 1.807) is 0 Å². The zero-order valence-corrected chi connectivity index (χ0v) is 10.6. The molecule has 2 rings (SSSR count). The van der Waals surface area contributed by atoms with E-state index in [0.29, 0.717) is 0 Å². The van der Waals surface area contributed by atoms with Gasteiger partial charge in [-0.05, 0) is 24.3 Å². The molecule has 0 saturated carbocycles. The number of benzene rings is 1. The predicted molar refractivity (Wildman–Crippen MR) is 63.0 cm³/mol. The number of amides is 1. The summed E-state index contributed by atoms with van der Waals surface area (Å²) in [5, 5.41) is 8.87. The average Bonchev–Trinajstić information content (AvgIpc) is 2.84. The van der Waals surface area contributed by atoms with Gasteiger partial charge in [0.1, 0.15) is 5.82 Å². The van der Waals surface area contributed by atoms with Crippen LogP contribution in [0.2, 0.25) is 0 Å². The smallest absolute Gasteiger partial charge is 0.394 e. The Hall–Kier alpha value is -2.12. The first-order valence-electron chi connectivity index (χ1n) is 6.04. The van der Waals surface area contributed by atoms with E-state index >= 15 is 0 Å². The Kier molecular flexibility index (Phi) is 3.89. The minimum absolute atomic E-state index is 0.0170. The predicted octanol–water partition coefficient (Wildman–Crippen LogP) is 2.16. The summed E-state index contributed by atoms with van der Waals surface area (Å²) in [5.74, 6) is -6.70. The Morgan fingerprint density at radius 2 is 1.71 bits per heavy atom. The number of nitrogens with zero attached hydrogens (tertiary/aromatic N) is 1. The normalized spacial score (nSPS) is 22.4. The average molecular weight is 305 g/mol. The summed E-state index contributed by atoms with van der Waals surface area (Å²) >= 11 is 0. The van der Waals surface area contributed by atoms with Gasteiger partial charge in [-0.1, -0.05) is 0 Å². The van der Waals surface area contributed by atoms with Crippen LogP contribution in [-0.2, 0) is 4.79 Å². The Balaban J connectivity index is 2.20. The molecule has 1 amide bonds. The van der Waals surface area contributed by atoms with Crippen LogP contribution >= 0.6 is 0 Å². The maximum Gasteiger partial charge on any atom is 0.394 e. The number of carboxylic acid groups (broad SMARTS) is 1. The van der Waals surface area contributed by atoms with E-state index in [9.17, 15) is 27.2 Å². The molecule has 4 nitrogen and oxygen atoms in total. The molecular formula is C13H11F4NO3. The third-order valence-corrected chi connectivity index (χ3v) is 3.44. The van der Waals surface area contributed by atoms with Crippen LogP contribution in [-0.4, -0.2) is 41.1 Å². The lowest BCUT2D eigenvalue weighted by Crippen LogP contribution is -2.34. The van der Waals surface area contributed by atoms with E-state index < -0.39 is 48.8 Å². The lowest BCUT2D eigenvalue weighted by Gasteiger charge is -2.18. The molecule has 1 aromatic rings. The van der Waals surface area contributed by atoms with Crippen LogP contribution in [0.15, 0.2) is 24.3 Å². The molecule has 0 bridgehead atoms. The highest BCUT2D eigenvalue weighted by molar-refractivity contribution is 5.94. The Bertz CT molecular complexity index is 556. The van der Waals surface area contributed by atoms with Gasteiger partial charge in [0, 0.05) is 18.7 Å². The summed E-state index contributed by atoms with van der Waals surface area (Å²) in [4.78, 5) is 23.8. The lowest BCUT2D eigenvalue weighted by atomic mass is 9.96. The van der Waals surface area contributed by atoms with Crippen molar-refractivity contribution in [1.29, 1.82) is 0 Å². The number of likely N-dealkylation sites (tertiary alicyclic amines) is 1. The van der Waals surface area contributed by atoms with Gasteiger partial charge in [-0.3, -0.25) is 9.59 Å². The lowest BCUT2D eigenvalue weighted by molar-refractivity contribution is -0.187. The second-order valence-electron chi connectivity index (χ2n) is 4.81. The highest BCUT2D eigenvalue weighted by atomic mass is 19.4. The molecule has 1 N–H and O–H groups in total. The van der Waals surface area contributed by atoms with Crippen LogP contribution in [0.25, 0.3) is 0 Å². The van der Waals surface area contributed by atoms with Gasteiger partial charge in [-0.2, -0.15) is 13.2 Å². The molecular weight excluding hydrogens is 294 g/mol. The standard InChI is InChI=1S/C13H11F4NO3/c14-8-3-1-7(2-4-8)11(19)18-5-9(12(20)21)10(6-18)13(15,16)17/h1-4,9-10H,5-6H2,(H,20,21)/t9-,10-/m1/s1. The minimum Gasteiger partial charge on any atom is -0.481 e. The molecule has 1 aliphatic heterocycles. The summed E-state index contributed by atoms with van der Waals surface area (Å²) in [7, 11) is 0. The molecule has 8 heteroatoms. The molecule has 1 saturated heterocycles. The molecule has 21 heavy (non-hydrogen) atoms. The fraction of sp³-hybridized carbons (Fsp3) is 0.385. The molecule has 1 fully saturated rings. The molecule has 0 aliphatic carbocycles. The van der Waals surface area contributed by atoms with E-state index in [1.807, 2.05) is 0 Å². The molecule has 0 spiro atoms. The van der Waals surface area contributed by atoms with Crippen molar-refractivity contribution in [2.24, 2.45) is 11.8 Å². The molecule has 0 radical (unpaired) electrons. The molecule has 0 unspecified atom stereocenters. The van der Waals surface area contributed by atoms with Crippen molar-refractivity contribution in [2.45, 2.75) is 6.18 Å². The largest absolute Gasteiger partial charge is 0.481 e. The van der Waals surface area contributed by atoms with Crippen molar-refractivity contribution in [2.75, 3.05) is 13.1 Å². The van der Waals surface area contributed by atoms with Crippen LogP contribution in [0.3, 0.4) is 0 Å². The van der Waals surface area contributed by atoms with Crippen LogP contribution in [0.4, 0.5) is 17.6 Å². The maximum atomic E-state index is 12.8. The van der Waals surface area contributed by atoms with Gasteiger partial charge in [-0.25, -0.2) is 4.39 Å². The van der Waals surface area contributed by atoms with Gasteiger partial charge < -0.3 is 10.0 Å². The Morgan fingerprint density at radius 3 is 2.14 bits per heavy atom. The Labute approximate surface area is 117 Å². The molecule has 114 valence electrons. The van der Waals surface area contributed by atoms with Crippen molar-refractivity contribution in [3.05, 3.63) is 35.6 Å². The van der Waals surface area contributed by atoms with Crippen LogP contribution in [0, 0.1) is 17.7 Å². The number of halogens is 4. The number of rotatable bonds is 2. The first-order chi connectivity index (χ1) is 9.70. The number of hydrogen-bond donors (Lipinski definition) is 1. The van der Waals surface area contributed by atoms with E-state index in [2.05, 4.69) is 0 Å². The van der Waals surface area contributed by atoms with Crippen molar-refractivity contribution < 1.29 is 32.3 Å². The number of carbonyl (C=O) groups excluding carboxylic acids is 1. The first kappa shape index (κ1) is 15.3. The van der Waals surface area contributed by atoms with E-state index in [0.717, 1.165) is 29.2 Å². The van der Waals surface area contributed by atoms with Crippen LogP contribution < -0.4 is 0 Å². The van der Waals surface area contributed by atoms with Crippen LogP contribution in [0.1, 0.15) is 10.4 Å². The van der Waals surface area contributed by atoms with Crippen molar-refractivity contribution in [3.63, 3.8) is 0 Å². The number of aliphatic carboxylic acids is 1. The second-order valence-corrected chi connectivity index (χ2v) is 4.81. The van der Waals surface area contributed by atoms with Gasteiger partial charge in [0.05, 0.1) is 11.8 Å². The van der Waals surface area contributed by atoms with Gasteiger partial charge in [0.2, 0.25) is 0 Å². The van der Waals surface area contributed by atoms with E-state index in [1.165, 1.54) is 0 Å². The summed E-state index contributed by atoms with van der Waals surface area (Å²) in [5.41, 5.74) is 0.0170. The second kappa shape index (κ2) is 5.34. The van der Waals surface area contributed by atoms with Crippen molar-refractivity contribution >= 4 is 11.9 Å². The summed E-state index contributed by atoms with van der Waals surface area (Å²) < 4.78 is 51.2. The summed E-state index contributed by atoms with van der Waals surface area (Å²) in [6.07, 6.45) is -4.69. The van der Waals surface area contributed by atoms with E-state index in [-0.39, 0.29) is 5.56 Å². The van der Waals surface area contributed by atoms with Crippen LogP contribution in [0.5, 0.6) is 0 Å². The topological polar surface area (TPSA) is 57.6 Å². The third-order valence-electron chi connectivity index (χ3n) is 3.44. The molecule has 1 aliphatic rings. The fourth-order valence-corrected chi connectivity index (χ4v) is 2.33.